The Kier molecular flexibility index (Phi) is 3.79. The van der Waals surface area contributed by atoms with Gasteiger partial charge < -0.3 is 4.90 Å². The Morgan fingerprint density at radius 3 is 2.79 bits per heavy atom. The van der Waals surface area contributed by atoms with Crippen LogP contribution < -0.4 is 0 Å². The van der Waals surface area contributed by atoms with E-state index in [9.17, 15) is 4.79 Å². The number of likely N-dealkylation sites (tertiary alicyclic amines) is 1. The first kappa shape index (κ1) is 13.0. The smallest absolute Gasteiger partial charge is 0.226 e. The van der Waals surface area contributed by atoms with Crippen LogP contribution in [0.15, 0.2) is 30.3 Å². The number of benzene rings is 1. The van der Waals surface area contributed by atoms with Crippen LogP contribution in [0.2, 0.25) is 0 Å². The second-order valence-corrected chi connectivity index (χ2v) is 6.00. The highest BCUT2D eigenvalue weighted by Gasteiger charge is 2.46. The largest absolute Gasteiger partial charge is 0.338 e. The molecule has 102 valence electrons. The van der Waals surface area contributed by atoms with Gasteiger partial charge >= 0.3 is 0 Å². The minimum absolute atomic E-state index is 0.200. The van der Waals surface area contributed by atoms with E-state index < -0.39 is 0 Å². The molecular weight excluding hydrogens is 258 g/mol. The summed E-state index contributed by atoms with van der Waals surface area (Å²) in [6.07, 6.45) is 4.40. The molecule has 0 radical (unpaired) electrons. The van der Waals surface area contributed by atoms with Crippen LogP contribution in [0.5, 0.6) is 0 Å². The van der Waals surface area contributed by atoms with Crippen molar-refractivity contribution in [2.24, 2.45) is 5.92 Å². The van der Waals surface area contributed by atoms with Crippen molar-refractivity contribution in [1.82, 2.24) is 4.90 Å². The predicted octanol–water partition coefficient (Wildman–Crippen LogP) is 3.41. The molecule has 2 nitrogen and oxygen atoms in total. The first-order valence-electron chi connectivity index (χ1n) is 7.22. The zero-order valence-corrected chi connectivity index (χ0v) is 11.9. The summed E-state index contributed by atoms with van der Waals surface area (Å²) in [6, 6.07) is 10.7. The van der Waals surface area contributed by atoms with E-state index in [1.54, 1.807) is 0 Å². The summed E-state index contributed by atoms with van der Waals surface area (Å²) in [5.41, 5.74) is 1.31. The number of piperidine rings is 1. The number of nitrogens with zero attached hydrogens (tertiary/aromatic N) is 1. The van der Waals surface area contributed by atoms with Crippen molar-refractivity contribution in [3.63, 3.8) is 0 Å². The van der Waals surface area contributed by atoms with E-state index >= 15 is 0 Å². The van der Waals surface area contributed by atoms with Gasteiger partial charge in [-0.25, -0.2) is 0 Å². The zero-order chi connectivity index (χ0) is 13.2. The number of hydrogen-bond acceptors (Lipinski definition) is 1. The molecule has 0 N–H and O–H groups in total. The molecule has 19 heavy (non-hydrogen) atoms. The Hall–Kier alpha value is -1.02. The van der Waals surface area contributed by atoms with Crippen LogP contribution in [0.1, 0.15) is 37.2 Å². The molecule has 3 rings (SSSR count). The summed E-state index contributed by atoms with van der Waals surface area (Å²) in [7, 11) is 0. The Morgan fingerprint density at radius 1 is 1.26 bits per heavy atom. The average Bonchev–Trinajstić information content (AvgIpc) is 3.28. The summed E-state index contributed by atoms with van der Waals surface area (Å²) < 4.78 is 0. The van der Waals surface area contributed by atoms with Crippen LogP contribution in [0.3, 0.4) is 0 Å². The van der Waals surface area contributed by atoms with Crippen molar-refractivity contribution in [2.75, 3.05) is 12.4 Å². The van der Waals surface area contributed by atoms with Crippen molar-refractivity contribution in [3.05, 3.63) is 35.9 Å². The number of halogens is 1. The van der Waals surface area contributed by atoms with Crippen LogP contribution in [0.4, 0.5) is 0 Å². The van der Waals surface area contributed by atoms with Gasteiger partial charge in [0.05, 0.1) is 0 Å². The maximum Gasteiger partial charge on any atom is 0.226 e. The average molecular weight is 278 g/mol. The minimum Gasteiger partial charge on any atom is -0.338 e. The molecule has 1 aromatic carbocycles. The fourth-order valence-electron chi connectivity index (χ4n) is 3.20. The van der Waals surface area contributed by atoms with E-state index in [1.165, 1.54) is 12.0 Å². The predicted molar refractivity (Wildman–Crippen MR) is 77.4 cm³/mol. The highest BCUT2D eigenvalue weighted by atomic mass is 35.5. The first-order chi connectivity index (χ1) is 9.31. The van der Waals surface area contributed by atoms with Gasteiger partial charge in [-0.1, -0.05) is 30.3 Å². The van der Waals surface area contributed by atoms with E-state index in [1.807, 2.05) is 11.0 Å². The second kappa shape index (κ2) is 5.54. The lowest BCUT2D eigenvalue weighted by atomic mass is 10.0. The maximum absolute atomic E-state index is 12.6. The lowest BCUT2D eigenvalue weighted by Crippen LogP contribution is -2.45. The molecular formula is C16H20ClNO. The summed E-state index contributed by atoms with van der Waals surface area (Å²) in [5.74, 6) is 1.55. The topological polar surface area (TPSA) is 20.3 Å². The van der Waals surface area contributed by atoms with Gasteiger partial charge in [-0.05, 0) is 37.2 Å². The van der Waals surface area contributed by atoms with Gasteiger partial charge in [0, 0.05) is 24.4 Å². The molecule has 1 aliphatic heterocycles. The number of alkyl halides is 1. The maximum atomic E-state index is 12.6. The molecule has 1 saturated heterocycles. The standard InChI is InChI=1S/C16H20ClNO/c17-11-13-8-4-5-9-18(13)16(19)15-10-14(15)12-6-2-1-3-7-12/h1-3,6-7,13-15H,4-5,8-11H2. The molecule has 1 heterocycles. The van der Waals surface area contributed by atoms with Crippen molar-refractivity contribution >= 4 is 17.5 Å². The molecule has 3 atom stereocenters. The molecule has 0 aromatic heterocycles. The Bertz CT molecular complexity index is 447. The van der Waals surface area contributed by atoms with Crippen LogP contribution in [0.25, 0.3) is 0 Å². The van der Waals surface area contributed by atoms with Crippen molar-refractivity contribution in [1.29, 1.82) is 0 Å². The van der Waals surface area contributed by atoms with Gasteiger partial charge in [0.25, 0.3) is 0 Å². The van der Waals surface area contributed by atoms with E-state index in [0.717, 1.165) is 25.8 Å². The zero-order valence-electron chi connectivity index (χ0n) is 11.1. The van der Waals surface area contributed by atoms with Crippen LogP contribution in [-0.4, -0.2) is 29.3 Å². The lowest BCUT2D eigenvalue weighted by Gasteiger charge is -2.35. The minimum atomic E-state index is 0.200. The third-order valence-electron chi connectivity index (χ3n) is 4.42. The molecule has 3 heteroatoms. The Balaban J connectivity index is 1.66. The summed E-state index contributed by atoms with van der Waals surface area (Å²) >= 11 is 6.00. The van der Waals surface area contributed by atoms with Crippen LogP contribution in [-0.2, 0) is 4.79 Å². The highest BCUT2D eigenvalue weighted by molar-refractivity contribution is 6.18. The second-order valence-electron chi connectivity index (χ2n) is 5.69. The van der Waals surface area contributed by atoms with E-state index in [0.29, 0.717) is 17.7 Å². The van der Waals surface area contributed by atoms with Gasteiger partial charge in [0.1, 0.15) is 0 Å². The summed E-state index contributed by atoms with van der Waals surface area (Å²) in [4.78, 5) is 14.6. The third-order valence-corrected chi connectivity index (χ3v) is 4.78. The van der Waals surface area contributed by atoms with Gasteiger partial charge in [-0.2, -0.15) is 0 Å². The Morgan fingerprint density at radius 2 is 2.05 bits per heavy atom. The fraction of sp³-hybridized carbons (Fsp3) is 0.562. The molecule has 1 amide bonds. The highest BCUT2D eigenvalue weighted by Crippen LogP contribution is 2.48. The molecule has 0 bridgehead atoms. The van der Waals surface area contributed by atoms with Gasteiger partial charge in [-0.15, -0.1) is 11.6 Å². The monoisotopic (exact) mass is 277 g/mol. The van der Waals surface area contributed by atoms with E-state index in [4.69, 9.17) is 11.6 Å². The van der Waals surface area contributed by atoms with Gasteiger partial charge in [-0.3, -0.25) is 4.79 Å². The summed E-state index contributed by atoms with van der Waals surface area (Å²) in [6.45, 7) is 0.897. The van der Waals surface area contributed by atoms with Crippen molar-refractivity contribution in [2.45, 2.75) is 37.6 Å². The number of carbonyl (C=O) groups is 1. The first-order valence-corrected chi connectivity index (χ1v) is 7.76. The molecule has 0 spiro atoms. The van der Waals surface area contributed by atoms with Gasteiger partial charge in [0.2, 0.25) is 5.91 Å². The SMILES string of the molecule is O=C(C1CC1c1ccccc1)N1CCCCC1CCl. The number of hydrogen-bond donors (Lipinski definition) is 0. The van der Waals surface area contributed by atoms with Crippen LogP contribution >= 0.6 is 11.6 Å². The van der Waals surface area contributed by atoms with Gasteiger partial charge in [0.15, 0.2) is 0 Å². The van der Waals surface area contributed by atoms with Crippen LogP contribution in [0, 0.1) is 5.92 Å². The summed E-state index contributed by atoms with van der Waals surface area (Å²) in [5, 5.41) is 0. The van der Waals surface area contributed by atoms with Crippen molar-refractivity contribution in [3.8, 4) is 0 Å². The molecule has 1 saturated carbocycles. The third kappa shape index (κ3) is 2.64. The lowest BCUT2D eigenvalue weighted by molar-refractivity contribution is -0.135. The fourth-order valence-corrected chi connectivity index (χ4v) is 3.52. The Labute approximate surface area is 119 Å². The quantitative estimate of drug-likeness (QED) is 0.776. The van der Waals surface area contributed by atoms with Crippen molar-refractivity contribution < 1.29 is 4.79 Å². The van der Waals surface area contributed by atoms with E-state index in [2.05, 4.69) is 24.3 Å². The molecule has 2 fully saturated rings. The number of carbonyl (C=O) groups excluding carboxylic acids is 1. The normalized spacial score (nSPS) is 30.2. The van der Waals surface area contributed by atoms with E-state index in [-0.39, 0.29) is 12.0 Å². The molecule has 1 aliphatic carbocycles. The molecule has 1 aromatic rings. The molecule has 2 aliphatic rings. The molecule has 3 unspecified atom stereocenters. The number of rotatable bonds is 3. The number of amides is 1.